The summed E-state index contributed by atoms with van der Waals surface area (Å²) in [6, 6.07) is 4.49. The van der Waals surface area contributed by atoms with Gasteiger partial charge in [-0.3, -0.25) is 0 Å². The molecule has 1 aliphatic heterocycles. The molecule has 0 atom stereocenters. The van der Waals surface area contributed by atoms with Crippen molar-refractivity contribution in [3.05, 3.63) is 34.1 Å². The molecule has 5 nitrogen and oxygen atoms in total. The Morgan fingerprint density at radius 1 is 1.48 bits per heavy atom. The van der Waals surface area contributed by atoms with Crippen LogP contribution in [0.4, 0.5) is 5.95 Å². The molecule has 1 saturated carbocycles. The molecule has 1 aromatic rings. The lowest BCUT2D eigenvalue weighted by molar-refractivity contribution is 0.743. The van der Waals surface area contributed by atoms with Crippen LogP contribution in [-0.2, 0) is 0 Å². The number of nitriles is 1. The van der Waals surface area contributed by atoms with E-state index in [2.05, 4.69) is 26.7 Å². The summed E-state index contributed by atoms with van der Waals surface area (Å²) < 4.78 is 0. The maximum Gasteiger partial charge on any atom is 0.223 e. The van der Waals surface area contributed by atoms with Gasteiger partial charge in [0.2, 0.25) is 5.95 Å². The van der Waals surface area contributed by atoms with Gasteiger partial charge >= 0.3 is 0 Å². The van der Waals surface area contributed by atoms with Crippen LogP contribution in [0.3, 0.4) is 0 Å². The highest BCUT2D eigenvalue weighted by Gasteiger charge is 2.18. The van der Waals surface area contributed by atoms with E-state index in [0.717, 1.165) is 10.7 Å². The van der Waals surface area contributed by atoms with Gasteiger partial charge in [0.1, 0.15) is 11.6 Å². The molecule has 21 heavy (non-hydrogen) atoms. The van der Waals surface area contributed by atoms with Gasteiger partial charge < -0.3 is 10.6 Å². The van der Waals surface area contributed by atoms with E-state index in [-0.39, 0.29) is 0 Å². The van der Waals surface area contributed by atoms with Gasteiger partial charge in [-0.1, -0.05) is 24.6 Å². The Balaban J connectivity index is 1.83. The van der Waals surface area contributed by atoms with E-state index in [1.165, 1.54) is 37.4 Å². The van der Waals surface area contributed by atoms with E-state index in [1.807, 2.05) is 12.3 Å². The van der Waals surface area contributed by atoms with Gasteiger partial charge in [0.05, 0.1) is 10.7 Å². The first kappa shape index (κ1) is 14.0. The molecule has 0 amide bonds. The van der Waals surface area contributed by atoms with Gasteiger partial charge in [-0.2, -0.15) is 5.26 Å². The van der Waals surface area contributed by atoms with E-state index < -0.39 is 0 Å². The van der Waals surface area contributed by atoms with Gasteiger partial charge in [0, 0.05) is 17.9 Å². The number of hydrogen-bond donors (Lipinski definition) is 2. The van der Waals surface area contributed by atoms with Gasteiger partial charge in [-0.15, -0.1) is 0 Å². The lowest BCUT2D eigenvalue weighted by Crippen LogP contribution is -2.17. The Morgan fingerprint density at radius 2 is 2.29 bits per heavy atom. The number of aromatic nitrogens is 2. The van der Waals surface area contributed by atoms with Crippen LogP contribution < -0.4 is 10.6 Å². The fraction of sp³-hybridized carbons (Fsp3) is 0.400. The minimum absolute atomic E-state index is 0.460. The zero-order valence-electron chi connectivity index (χ0n) is 11.9. The first-order valence-corrected chi connectivity index (χ1v) is 7.99. The summed E-state index contributed by atoms with van der Waals surface area (Å²) in [5.41, 5.74) is 2.26. The standard InChI is InChI=1S/C15H17N5S/c1-10-9-21-14(18-10)12(8-16)13-6-7-17-15(20-13)19-11-4-2-3-5-11/h6-7,9,11,18H,2-5H2,1H3,(H,17,19,20)/b14-12-. The van der Waals surface area contributed by atoms with Crippen LogP contribution in [0.1, 0.15) is 38.3 Å². The minimum atomic E-state index is 0.460. The quantitative estimate of drug-likeness (QED) is 0.835. The lowest BCUT2D eigenvalue weighted by Gasteiger charge is -2.12. The molecule has 1 aliphatic carbocycles. The van der Waals surface area contributed by atoms with Crippen LogP contribution in [-0.4, -0.2) is 16.0 Å². The maximum atomic E-state index is 9.44. The van der Waals surface area contributed by atoms with E-state index in [1.54, 1.807) is 12.3 Å². The topological polar surface area (TPSA) is 73.6 Å². The number of hydrogen-bond acceptors (Lipinski definition) is 6. The molecule has 0 bridgehead atoms. The largest absolute Gasteiger partial charge is 0.352 e. The monoisotopic (exact) mass is 299 g/mol. The minimum Gasteiger partial charge on any atom is -0.352 e. The molecule has 2 N–H and O–H groups in total. The number of anilines is 1. The average molecular weight is 299 g/mol. The third-order valence-corrected chi connectivity index (χ3v) is 4.62. The summed E-state index contributed by atoms with van der Waals surface area (Å²) in [6.07, 6.45) is 6.56. The van der Waals surface area contributed by atoms with E-state index >= 15 is 0 Å². The van der Waals surface area contributed by atoms with Crippen molar-refractivity contribution in [2.75, 3.05) is 5.32 Å². The molecule has 108 valence electrons. The highest BCUT2D eigenvalue weighted by molar-refractivity contribution is 8.06. The van der Waals surface area contributed by atoms with Gasteiger partial charge in [0.25, 0.3) is 0 Å². The van der Waals surface area contributed by atoms with Gasteiger partial charge in [0.15, 0.2) is 0 Å². The highest BCUT2D eigenvalue weighted by atomic mass is 32.2. The van der Waals surface area contributed by atoms with Crippen LogP contribution in [0.2, 0.25) is 0 Å². The Bertz CT molecular complexity index is 638. The maximum absolute atomic E-state index is 9.44. The molecular formula is C15H17N5S. The fourth-order valence-electron chi connectivity index (χ4n) is 2.55. The van der Waals surface area contributed by atoms with Crippen molar-refractivity contribution in [2.24, 2.45) is 0 Å². The number of allylic oxidation sites excluding steroid dienone is 2. The van der Waals surface area contributed by atoms with Crippen LogP contribution in [0.25, 0.3) is 5.57 Å². The van der Waals surface area contributed by atoms with Crippen LogP contribution in [0, 0.1) is 11.3 Å². The van der Waals surface area contributed by atoms with Crippen molar-refractivity contribution in [3.8, 4) is 6.07 Å². The second-order valence-electron chi connectivity index (χ2n) is 5.25. The van der Waals surface area contributed by atoms with Crippen molar-refractivity contribution in [1.82, 2.24) is 15.3 Å². The van der Waals surface area contributed by atoms with Crippen molar-refractivity contribution in [1.29, 1.82) is 5.26 Å². The summed E-state index contributed by atoms with van der Waals surface area (Å²) in [7, 11) is 0. The molecule has 1 fully saturated rings. The Hall–Kier alpha value is -2.00. The highest BCUT2D eigenvalue weighted by Crippen LogP contribution is 2.30. The number of nitrogens with zero attached hydrogens (tertiary/aromatic N) is 3. The summed E-state index contributed by atoms with van der Waals surface area (Å²) in [5, 5.41) is 18.8. The summed E-state index contributed by atoms with van der Waals surface area (Å²) >= 11 is 1.52. The molecule has 6 heteroatoms. The summed E-state index contributed by atoms with van der Waals surface area (Å²) in [6.45, 7) is 1.97. The van der Waals surface area contributed by atoms with E-state index in [4.69, 9.17) is 0 Å². The van der Waals surface area contributed by atoms with Crippen LogP contribution in [0.15, 0.2) is 28.4 Å². The summed E-state index contributed by atoms with van der Waals surface area (Å²) in [4.78, 5) is 8.76. The predicted molar refractivity (Wildman–Crippen MR) is 84.9 cm³/mol. The Morgan fingerprint density at radius 3 is 2.95 bits per heavy atom. The molecular weight excluding hydrogens is 282 g/mol. The third-order valence-electron chi connectivity index (χ3n) is 3.60. The van der Waals surface area contributed by atoms with E-state index in [9.17, 15) is 5.26 Å². The second-order valence-corrected chi connectivity index (χ2v) is 6.13. The van der Waals surface area contributed by atoms with Crippen LogP contribution >= 0.6 is 11.8 Å². The van der Waals surface area contributed by atoms with Crippen molar-refractivity contribution < 1.29 is 0 Å². The Labute approximate surface area is 128 Å². The van der Waals surface area contributed by atoms with Crippen LogP contribution in [0.5, 0.6) is 0 Å². The van der Waals surface area contributed by atoms with Gasteiger partial charge in [-0.05, 0) is 31.2 Å². The third kappa shape index (κ3) is 3.19. The first-order valence-electron chi connectivity index (χ1n) is 7.11. The molecule has 3 rings (SSSR count). The van der Waals surface area contributed by atoms with Gasteiger partial charge in [-0.25, -0.2) is 9.97 Å². The first-order chi connectivity index (χ1) is 10.3. The zero-order valence-corrected chi connectivity index (χ0v) is 12.7. The Kier molecular flexibility index (Phi) is 4.11. The smallest absolute Gasteiger partial charge is 0.223 e. The van der Waals surface area contributed by atoms with Crippen molar-refractivity contribution >= 4 is 23.3 Å². The van der Waals surface area contributed by atoms with Crippen molar-refractivity contribution in [2.45, 2.75) is 38.6 Å². The molecule has 2 heterocycles. The molecule has 0 spiro atoms. The number of thioether (sulfide) groups is 1. The van der Waals surface area contributed by atoms with E-state index in [0.29, 0.717) is 23.3 Å². The molecule has 2 aliphatic rings. The molecule has 0 radical (unpaired) electrons. The molecule has 0 unspecified atom stereocenters. The normalized spacial score (nSPS) is 20.7. The lowest BCUT2D eigenvalue weighted by atomic mass is 10.2. The average Bonchev–Trinajstić information content (AvgIpc) is 3.12. The SMILES string of the molecule is CC1=CS/C(=C(/C#N)c2ccnc(NC3CCCC3)n2)N1. The second kappa shape index (κ2) is 6.19. The summed E-state index contributed by atoms with van der Waals surface area (Å²) in [5.74, 6) is 0.612. The molecule has 0 aromatic carbocycles. The predicted octanol–water partition coefficient (Wildman–Crippen LogP) is 3.22. The molecule has 1 aromatic heterocycles. The van der Waals surface area contributed by atoms with Crippen molar-refractivity contribution in [3.63, 3.8) is 0 Å². The zero-order chi connectivity index (χ0) is 14.7. The molecule has 0 saturated heterocycles. The number of rotatable bonds is 3. The number of nitrogens with one attached hydrogen (secondary N) is 2. The fourth-order valence-corrected chi connectivity index (χ4v) is 3.39.